The Kier molecular flexibility index (Phi) is 5.87. The molecule has 0 radical (unpaired) electrons. The van der Waals surface area contributed by atoms with E-state index < -0.39 is 0 Å². The molecule has 4 heterocycles. The van der Waals surface area contributed by atoms with Crippen molar-refractivity contribution in [2.75, 3.05) is 31.6 Å². The molecule has 0 spiro atoms. The number of aromatic nitrogens is 2. The molecule has 8 heteroatoms. The summed E-state index contributed by atoms with van der Waals surface area (Å²) in [4.78, 5) is 38.0. The number of fused-ring (bicyclic) bond motifs is 4. The number of anilines is 1. The van der Waals surface area contributed by atoms with Crippen LogP contribution in [-0.4, -0.2) is 65.5 Å². The van der Waals surface area contributed by atoms with Crippen LogP contribution in [0, 0.1) is 11.8 Å². The number of rotatable bonds is 6. The fraction of sp³-hybridized carbons (Fsp3) is 0.714. The second-order valence-corrected chi connectivity index (χ2v) is 8.46. The van der Waals surface area contributed by atoms with Crippen molar-refractivity contribution in [3.63, 3.8) is 0 Å². The summed E-state index contributed by atoms with van der Waals surface area (Å²) in [6.07, 6.45) is 6.63. The molecule has 0 aromatic carbocycles. The zero-order valence-electron chi connectivity index (χ0n) is 17.3. The van der Waals surface area contributed by atoms with E-state index in [2.05, 4.69) is 25.1 Å². The number of nitrogens with one attached hydrogen (secondary N) is 1. The van der Waals surface area contributed by atoms with Gasteiger partial charge in [0.05, 0.1) is 13.2 Å². The van der Waals surface area contributed by atoms with Gasteiger partial charge in [-0.3, -0.25) is 9.59 Å². The molecule has 3 fully saturated rings. The molecule has 2 bridgehead atoms. The summed E-state index contributed by atoms with van der Waals surface area (Å²) in [5.74, 6) is 2.50. The first-order valence-corrected chi connectivity index (χ1v) is 10.8. The molecule has 29 heavy (non-hydrogen) atoms. The predicted octanol–water partition coefficient (Wildman–Crippen LogP) is 1.61. The van der Waals surface area contributed by atoms with Crippen molar-refractivity contribution < 1.29 is 14.3 Å². The van der Waals surface area contributed by atoms with E-state index >= 15 is 0 Å². The summed E-state index contributed by atoms with van der Waals surface area (Å²) in [5.41, 5.74) is 0. The average molecular weight is 402 g/mol. The van der Waals surface area contributed by atoms with Gasteiger partial charge >= 0.3 is 0 Å². The SMILES string of the molecule is CCCC(=O)NC[C@H]1[C@H]2C[C@@H](CN(c3cc(OC)ncn3)C2)[C@@H]2CCCC(=O)N21. The minimum Gasteiger partial charge on any atom is -0.481 e. The van der Waals surface area contributed by atoms with Gasteiger partial charge in [-0.2, -0.15) is 0 Å². The largest absolute Gasteiger partial charge is 0.481 e. The number of nitrogens with zero attached hydrogens (tertiary/aromatic N) is 4. The van der Waals surface area contributed by atoms with E-state index in [-0.39, 0.29) is 23.9 Å². The molecule has 1 N–H and O–H groups in total. The molecule has 1 aromatic heterocycles. The van der Waals surface area contributed by atoms with E-state index in [0.29, 0.717) is 37.1 Å². The van der Waals surface area contributed by atoms with Crippen LogP contribution in [0.1, 0.15) is 45.4 Å². The van der Waals surface area contributed by atoms with E-state index in [1.54, 1.807) is 7.11 Å². The minimum absolute atomic E-state index is 0.0522. The summed E-state index contributed by atoms with van der Waals surface area (Å²) < 4.78 is 5.27. The number of piperidine rings is 3. The fourth-order valence-corrected chi connectivity index (χ4v) is 5.37. The van der Waals surface area contributed by atoms with Crippen LogP contribution in [0.25, 0.3) is 0 Å². The highest BCUT2D eigenvalue weighted by Crippen LogP contribution is 2.42. The van der Waals surface area contributed by atoms with Gasteiger partial charge in [0.1, 0.15) is 12.1 Å². The van der Waals surface area contributed by atoms with Crippen LogP contribution in [0.5, 0.6) is 5.88 Å². The Bertz CT molecular complexity index is 758. The summed E-state index contributed by atoms with van der Waals surface area (Å²) in [7, 11) is 1.61. The Labute approximate surface area is 172 Å². The van der Waals surface area contributed by atoms with Gasteiger partial charge in [0, 0.05) is 44.6 Å². The van der Waals surface area contributed by atoms with E-state index in [1.165, 1.54) is 6.33 Å². The van der Waals surface area contributed by atoms with Gasteiger partial charge < -0.3 is 19.9 Å². The second kappa shape index (κ2) is 8.55. The normalized spacial score (nSPS) is 28.7. The lowest BCUT2D eigenvalue weighted by Crippen LogP contribution is -2.67. The molecule has 8 nitrogen and oxygen atoms in total. The molecule has 4 atom stereocenters. The summed E-state index contributed by atoms with van der Waals surface area (Å²) in [5, 5.41) is 3.09. The van der Waals surface area contributed by atoms with Gasteiger partial charge in [0.2, 0.25) is 17.7 Å². The number of ether oxygens (including phenoxy) is 1. The first kappa shape index (κ1) is 19.9. The van der Waals surface area contributed by atoms with Gasteiger partial charge in [0.25, 0.3) is 0 Å². The van der Waals surface area contributed by atoms with Crippen LogP contribution in [-0.2, 0) is 9.59 Å². The molecule has 0 saturated carbocycles. The highest BCUT2D eigenvalue weighted by Gasteiger charge is 2.49. The number of amides is 2. The number of carbonyl (C=O) groups excluding carboxylic acids is 2. The van der Waals surface area contributed by atoms with Crippen molar-refractivity contribution in [3.8, 4) is 5.88 Å². The average Bonchev–Trinajstić information content (AvgIpc) is 2.74. The summed E-state index contributed by atoms with van der Waals surface area (Å²) in [6, 6.07) is 2.19. The quantitative estimate of drug-likeness (QED) is 0.779. The molecule has 2 amide bonds. The van der Waals surface area contributed by atoms with E-state index in [9.17, 15) is 9.59 Å². The van der Waals surface area contributed by atoms with Crippen LogP contribution in [0.15, 0.2) is 12.4 Å². The zero-order chi connectivity index (χ0) is 20.4. The number of methoxy groups -OCH3 is 1. The zero-order valence-corrected chi connectivity index (χ0v) is 17.3. The third-order valence-electron chi connectivity index (χ3n) is 6.64. The molecule has 3 aliphatic rings. The third kappa shape index (κ3) is 4.02. The topological polar surface area (TPSA) is 87.7 Å². The molecule has 158 valence electrons. The molecule has 3 aliphatic heterocycles. The summed E-state index contributed by atoms with van der Waals surface area (Å²) >= 11 is 0. The Hall–Kier alpha value is -2.38. The van der Waals surface area contributed by atoms with Crippen molar-refractivity contribution in [2.45, 2.75) is 57.5 Å². The highest BCUT2D eigenvalue weighted by molar-refractivity contribution is 5.79. The van der Waals surface area contributed by atoms with Crippen molar-refractivity contribution in [2.24, 2.45) is 11.8 Å². The maximum Gasteiger partial charge on any atom is 0.223 e. The first-order valence-electron chi connectivity index (χ1n) is 10.8. The lowest BCUT2D eigenvalue weighted by atomic mass is 9.72. The van der Waals surface area contributed by atoms with Crippen molar-refractivity contribution in [3.05, 3.63) is 12.4 Å². The van der Waals surface area contributed by atoms with E-state index in [0.717, 1.165) is 44.6 Å². The lowest BCUT2D eigenvalue weighted by molar-refractivity contribution is -0.149. The number of hydrogen-bond acceptors (Lipinski definition) is 6. The van der Waals surface area contributed by atoms with Crippen molar-refractivity contribution in [1.29, 1.82) is 0 Å². The second-order valence-electron chi connectivity index (χ2n) is 8.46. The Morgan fingerprint density at radius 2 is 2.14 bits per heavy atom. The van der Waals surface area contributed by atoms with Crippen LogP contribution in [0.3, 0.4) is 0 Å². The molecular weight excluding hydrogens is 370 g/mol. The monoisotopic (exact) mass is 401 g/mol. The Morgan fingerprint density at radius 1 is 1.31 bits per heavy atom. The molecule has 4 rings (SSSR count). The standard InChI is InChI=1S/C21H31N5O3/c1-3-5-19(27)22-10-17-15-8-14(16-6-4-7-21(28)26(16)17)11-25(12-15)18-9-20(29-2)24-13-23-18/h9,13-17H,3-8,10-12H2,1-2H3,(H,22,27)/t14-,15-,16-,17-/m0/s1. The molecule has 0 aliphatic carbocycles. The van der Waals surface area contributed by atoms with Crippen LogP contribution in [0.2, 0.25) is 0 Å². The molecule has 0 unspecified atom stereocenters. The van der Waals surface area contributed by atoms with E-state index in [4.69, 9.17) is 4.74 Å². The maximum atomic E-state index is 12.8. The summed E-state index contributed by atoms with van der Waals surface area (Å²) in [6.45, 7) is 4.25. The van der Waals surface area contributed by atoms with Crippen LogP contribution in [0.4, 0.5) is 5.82 Å². The highest BCUT2D eigenvalue weighted by atomic mass is 16.5. The van der Waals surface area contributed by atoms with Crippen molar-refractivity contribution >= 4 is 17.6 Å². The van der Waals surface area contributed by atoms with Gasteiger partial charge in [-0.15, -0.1) is 0 Å². The molecular formula is C21H31N5O3. The van der Waals surface area contributed by atoms with Gasteiger partial charge in [-0.25, -0.2) is 9.97 Å². The van der Waals surface area contributed by atoms with Gasteiger partial charge in [-0.05, 0) is 37.5 Å². The number of carbonyl (C=O) groups is 2. The van der Waals surface area contributed by atoms with Crippen molar-refractivity contribution in [1.82, 2.24) is 20.2 Å². The first-order chi connectivity index (χ1) is 14.1. The maximum absolute atomic E-state index is 12.8. The fourth-order valence-electron chi connectivity index (χ4n) is 5.37. The molecule has 1 aromatic rings. The Balaban J connectivity index is 1.57. The third-order valence-corrected chi connectivity index (χ3v) is 6.64. The lowest BCUT2D eigenvalue weighted by Gasteiger charge is -2.56. The molecule has 3 saturated heterocycles. The van der Waals surface area contributed by atoms with Crippen LogP contribution >= 0.6 is 0 Å². The van der Waals surface area contributed by atoms with Gasteiger partial charge in [0.15, 0.2) is 0 Å². The smallest absolute Gasteiger partial charge is 0.223 e. The predicted molar refractivity (Wildman–Crippen MR) is 109 cm³/mol. The van der Waals surface area contributed by atoms with Gasteiger partial charge in [-0.1, -0.05) is 6.92 Å². The number of hydrogen-bond donors (Lipinski definition) is 1. The van der Waals surface area contributed by atoms with Crippen LogP contribution < -0.4 is 15.0 Å². The van der Waals surface area contributed by atoms with E-state index in [1.807, 2.05) is 13.0 Å². The minimum atomic E-state index is 0.0522. The Morgan fingerprint density at radius 3 is 2.93 bits per heavy atom.